The summed E-state index contributed by atoms with van der Waals surface area (Å²) >= 11 is 0. The van der Waals surface area contributed by atoms with E-state index in [2.05, 4.69) is 31.3 Å². The maximum atomic E-state index is 5.48. The number of ether oxygens (including phenoxy) is 2. The predicted molar refractivity (Wildman–Crippen MR) is 59.4 cm³/mol. The van der Waals surface area contributed by atoms with Gasteiger partial charge in [0.05, 0.1) is 0 Å². The molecule has 0 aromatic heterocycles. The van der Waals surface area contributed by atoms with Crippen LogP contribution in [0.1, 0.15) is 26.7 Å². The van der Waals surface area contributed by atoms with E-state index in [1.54, 1.807) is 0 Å². The van der Waals surface area contributed by atoms with Crippen LogP contribution in [0.2, 0.25) is 0 Å². The monoisotopic (exact) mass is 215 g/mol. The predicted octanol–water partition coefficient (Wildman–Crippen LogP) is 1.96. The highest BCUT2D eigenvalue weighted by molar-refractivity contribution is 5.26. The van der Waals surface area contributed by atoms with Crippen molar-refractivity contribution >= 4 is 0 Å². The lowest BCUT2D eigenvalue weighted by Gasteiger charge is -2.19. The fourth-order valence-electron chi connectivity index (χ4n) is 2.15. The zero-order valence-electron chi connectivity index (χ0n) is 9.45. The van der Waals surface area contributed by atoms with Crippen molar-refractivity contribution in [2.45, 2.75) is 38.8 Å². The third-order valence-electron chi connectivity index (χ3n) is 2.86. The van der Waals surface area contributed by atoms with Gasteiger partial charge in [0.1, 0.15) is 11.9 Å². The average Bonchev–Trinajstić information content (AvgIpc) is 2.65. The molecule has 2 aliphatic rings. The van der Waals surface area contributed by atoms with E-state index >= 15 is 0 Å². The van der Waals surface area contributed by atoms with E-state index in [9.17, 15) is 0 Å². The Bertz CT molecular complexity index is 283. The number of allylic oxidation sites excluding steroid dienone is 2. The molecule has 84 valence electrons. The molecule has 1 aliphatic carbocycles. The van der Waals surface area contributed by atoms with Crippen molar-refractivity contribution in [2.75, 3.05) is 13.3 Å². The van der Waals surface area contributed by atoms with Gasteiger partial charge in [-0.1, -0.05) is 18.6 Å². The molecule has 15 heavy (non-hydrogen) atoms. The van der Waals surface area contributed by atoms with Gasteiger partial charge in [-0.15, -0.1) is 0 Å². The first-order valence-electron chi connectivity index (χ1n) is 5.67. The molecule has 0 radical (unpaired) electrons. The largest absolute Gasteiger partial charge is 0.469 e. The standard InChI is InChI=1S/C12H19NO2/c1-3-13-9(2)6-10-4-5-11-12(7-10)15-8-14-11/h4-5,9,12-13H,3,6-8H2,1-2H3/i4+1,5+1,7+1,10+1,11+1,12+1. The highest BCUT2D eigenvalue weighted by atomic mass is 16.8. The number of nitrogens with one attached hydrogen (secondary N) is 1. The van der Waals surface area contributed by atoms with Crippen molar-refractivity contribution in [3.63, 3.8) is 0 Å². The van der Waals surface area contributed by atoms with Gasteiger partial charge in [0.25, 0.3) is 0 Å². The van der Waals surface area contributed by atoms with Crippen molar-refractivity contribution in [1.82, 2.24) is 5.32 Å². The van der Waals surface area contributed by atoms with Crippen molar-refractivity contribution in [2.24, 2.45) is 0 Å². The molecular weight excluding hydrogens is 196 g/mol. The van der Waals surface area contributed by atoms with Crippen LogP contribution < -0.4 is 5.32 Å². The zero-order chi connectivity index (χ0) is 10.7. The summed E-state index contributed by atoms with van der Waals surface area (Å²) in [6.45, 7) is 5.80. The Morgan fingerprint density at radius 2 is 2.40 bits per heavy atom. The molecule has 2 atom stereocenters. The van der Waals surface area contributed by atoms with Crippen LogP contribution in [0.5, 0.6) is 0 Å². The summed E-state index contributed by atoms with van der Waals surface area (Å²) in [4.78, 5) is 0. The normalized spacial score (nSPS) is 26.4. The summed E-state index contributed by atoms with van der Waals surface area (Å²) in [5.41, 5.74) is 1.45. The fraction of sp³-hybridized carbons (Fsp3) is 0.667. The second-order valence-electron chi connectivity index (χ2n) is 4.18. The summed E-state index contributed by atoms with van der Waals surface area (Å²) in [7, 11) is 0. The van der Waals surface area contributed by atoms with Gasteiger partial charge < -0.3 is 14.8 Å². The number of rotatable bonds is 4. The Hall–Kier alpha value is -0.800. The maximum absolute atomic E-state index is 5.48. The van der Waals surface area contributed by atoms with Crippen LogP contribution in [0.4, 0.5) is 0 Å². The molecule has 0 bridgehead atoms. The summed E-state index contributed by atoms with van der Waals surface area (Å²) in [6.07, 6.45) is 6.49. The first-order valence-corrected chi connectivity index (χ1v) is 5.67. The molecule has 1 fully saturated rings. The molecule has 2 unspecified atom stereocenters. The van der Waals surface area contributed by atoms with Crippen LogP contribution in [0.3, 0.4) is 0 Å². The Balaban J connectivity index is 1.89. The minimum Gasteiger partial charge on any atom is -0.469 e. The highest BCUT2D eigenvalue weighted by Crippen LogP contribution is 2.29. The first-order chi connectivity index (χ1) is 7.29. The molecule has 0 spiro atoms. The topological polar surface area (TPSA) is 30.5 Å². The molecule has 3 heteroatoms. The van der Waals surface area contributed by atoms with Crippen molar-refractivity contribution < 1.29 is 9.47 Å². The van der Waals surface area contributed by atoms with Gasteiger partial charge in [-0.25, -0.2) is 0 Å². The van der Waals surface area contributed by atoms with Crippen LogP contribution >= 0.6 is 0 Å². The number of hydrogen-bond donors (Lipinski definition) is 1. The van der Waals surface area contributed by atoms with Crippen molar-refractivity contribution in [3.05, 3.63) is 23.5 Å². The van der Waals surface area contributed by atoms with E-state index in [-0.39, 0.29) is 6.10 Å². The van der Waals surface area contributed by atoms with Gasteiger partial charge in [0, 0.05) is 12.5 Å². The van der Waals surface area contributed by atoms with Crippen LogP contribution in [-0.2, 0) is 9.47 Å². The first kappa shape index (κ1) is 10.7. The molecule has 3 nitrogen and oxygen atoms in total. The lowest BCUT2D eigenvalue weighted by molar-refractivity contribution is 0.0498. The summed E-state index contributed by atoms with van der Waals surface area (Å²) in [6, 6.07) is 0.540. The molecule has 1 heterocycles. The Morgan fingerprint density at radius 3 is 3.20 bits per heavy atom. The third-order valence-corrected chi connectivity index (χ3v) is 2.86. The SMILES string of the molecule is CCNC(C)C[13C]1=[13CH][13CH]=[13C]2OCO[13CH]2[13CH2]1. The number of hydrogen-bond acceptors (Lipinski definition) is 3. The Labute approximate surface area is 91.1 Å². The quantitative estimate of drug-likeness (QED) is 0.727. The van der Waals surface area contributed by atoms with Gasteiger partial charge >= 0.3 is 0 Å². The lowest BCUT2D eigenvalue weighted by Crippen LogP contribution is -2.27. The maximum Gasteiger partial charge on any atom is 0.189 e. The van der Waals surface area contributed by atoms with Gasteiger partial charge in [-0.05, 0) is 26.0 Å². The van der Waals surface area contributed by atoms with E-state index in [4.69, 9.17) is 9.47 Å². The highest BCUT2D eigenvalue weighted by Gasteiger charge is 2.26. The van der Waals surface area contributed by atoms with Crippen LogP contribution in [0.25, 0.3) is 0 Å². The molecule has 0 aromatic carbocycles. The van der Waals surface area contributed by atoms with Crippen LogP contribution in [-0.4, -0.2) is 25.5 Å². The second-order valence-corrected chi connectivity index (χ2v) is 4.18. The smallest absolute Gasteiger partial charge is 0.189 e. The molecule has 0 amide bonds. The van der Waals surface area contributed by atoms with E-state index < -0.39 is 0 Å². The molecule has 1 N–H and O–H groups in total. The lowest BCUT2D eigenvalue weighted by atomic mass is 10.3. The summed E-state index contributed by atoms with van der Waals surface area (Å²) in [5, 5.41) is 3.42. The second kappa shape index (κ2) is 4.81. The van der Waals surface area contributed by atoms with E-state index in [0.29, 0.717) is 12.8 Å². The van der Waals surface area contributed by atoms with Crippen LogP contribution in [0.15, 0.2) is 23.5 Å². The molecule has 1 aliphatic heterocycles. The average molecular weight is 215 g/mol. The van der Waals surface area contributed by atoms with Gasteiger partial charge in [-0.2, -0.15) is 0 Å². The van der Waals surface area contributed by atoms with Gasteiger partial charge in [-0.3, -0.25) is 0 Å². The van der Waals surface area contributed by atoms with Crippen molar-refractivity contribution in [1.29, 1.82) is 0 Å². The zero-order valence-corrected chi connectivity index (χ0v) is 9.45. The molecule has 0 saturated carbocycles. The molecule has 1 saturated heterocycles. The molecular formula is C12H19NO2. The van der Waals surface area contributed by atoms with E-state index in [1.165, 1.54) is 5.57 Å². The fourth-order valence-corrected chi connectivity index (χ4v) is 2.15. The van der Waals surface area contributed by atoms with Gasteiger partial charge in [0.2, 0.25) is 0 Å². The van der Waals surface area contributed by atoms with E-state index in [0.717, 1.165) is 25.1 Å². The Kier molecular flexibility index (Phi) is 3.44. The van der Waals surface area contributed by atoms with Crippen molar-refractivity contribution in [3.8, 4) is 0 Å². The summed E-state index contributed by atoms with van der Waals surface area (Å²) in [5.74, 6) is 0.995. The Morgan fingerprint density at radius 1 is 1.53 bits per heavy atom. The van der Waals surface area contributed by atoms with E-state index in [1.807, 2.05) is 0 Å². The minimum atomic E-state index is 0.179. The minimum absolute atomic E-state index is 0.179. The molecule has 0 aromatic rings. The molecule has 2 rings (SSSR count). The third kappa shape index (κ3) is 2.61. The summed E-state index contributed by atoms with van der Waals surface area (Å²) < 4.78 is 10.8. The van der Waals surface area contributed by atoms with Crippen LogP contribution in [0, 0.1) is 0 Å². The number of fused-ring (bicyclic) bond motifs is 1. The van der Waals surface area contributed by atoms with Gasteiger partial charge in [0.15, 0.2) is 6.79 Å².